The van der Waals surface area contributed by atoms with Crippen LogP contribution < -0.4 is 20.1 Å². The lowest BCUT2D eigenvalue weighted by molar-refractivity contribution is -0.120. The molecule has 8 heteroatoms. The molecule has 4 rings (SSSR count). The predicted molar refractivity (Wildman–Crippen MR) is 144 cm³/mol. The third-order valence-electron chi connectivity index (χ3n) is 6.76. The molecular formula is C29H36N4O4. The molecule has 1 aliphatic rings. The molecule has 1 saturated carbocycles. The Morgan fingerprint density at radius 3 is 2.43 bits per heavy atom. The highest BCUT2D eigenvalue weighted by Gasteiger charge is 2.47. The molecule has 1 fully saturated rings. The highest BCUT2D eigenvalue weighted by atomic mass is 16.5. The minimum absolute atomic E-state index is 0.00334. The second-order valence-corrected chi connectivity index (χ2v) is 9.71. The zero-order chi connectivity index (χ0) is 26.5. The SMILES string of the molecule is COc1cc(-c2ccc(OC(C)C)cc2)ccc1N(C[C@@H](N)[C@@H](C)OC)C(=O)[C@@H]1C[C@H]1c1ccncn1. The molecular weight excluding hydrogens is 468 g/mol. The monoisotopic (exact) mass is 504 g/mol. The molecule has 4 atom stereocenters. The lowest BCUT2D eigenvalue weighted by Crippen LogP contribution is -2.47. The number of nitrogens with zero attached hydrogens (tertiary/aromatic N) is 3. The summed E-state index contributed by atoms with van der Waals surface area (Å²) in [6.45, 7) is 6.21. The van der Waals surface area contributed by atoms with E-state index in [2.05, 4.69) is 9.97 Å². The Balaban J connectivity index is 1.62. The van der Waals surface area contributed by atoms with Crippen LogP contribution in [0.25, 0.3) is 11.1 Å². The highest BCUT2D eigenvalue weighted by Crippen LogP contribution is 2.48. The quantitative estimate of drug-likeness (QED) is 0.412. The van der Waals surface area contributed by atoms with Gasteiger partial charge < -0.3 is 24.8 Å². The summed E-state index contributed by atoms with van der Waals surface area (Å²) in [6, 6.07) is 15.3. The van der Waals surface area contributed by atoms with Gasteiger partial charge in [-0.1, -0.05) is 18.2 Å². The number of ether oxygens (including phenoxy) is 3. The number of methoxy groups -OCH3 is 2. The normalized spacial score (nSPS) is 18.2. The number of amides is 1. The summed E-state index contributed by atoms with van der Waals surface area (Å²) in [5, 5.41) is 0. The van der Waals surface area contributed by atoms with Crippen molar-refractivity contribution < 1.29 is 19.0 Å². The van der Waals surface area contributed by atoms with Gasteiger partial charge in [0.2, 0.25) is 5.91 Å². The van der Waals surface area contributed by atoms with E-state index in [1.165, 1.54) is 6.33 Å². The molecule has 3 aromatic rings. The number of hydrogen-bond donors (Lipinski definition) is 1. The summed E-state index contributed by atoms with van der Waals surface area (Å²) in [7, 11) is 3.24. The first kappa shape index (κ1) is 26.6. The molecule has 1 heterocycles. The first-order valence-electron chi connectivity index (χ1n) is 12.6. The van der Waals surface area contributed by atoms with Crippen molar-refractivity contribution in [2.45, 2.75) is 51.4 Å². The second-order valence-electron chi connectivity index (χ2n) is 9.71. The number of rotatable bonds is 11. The topological polar surface area (TPSA) is 99.8 Å². The van der Waals surface area contributed by atoms with Gasteiger partial charge in [-0.2, -0.15) is 0 Å². The van der Waals surface area contributed by atoms with Gasteiger partial charge in [-0.05, 0) is 68.7 Å². The molecule has 0 radical (unpaired) electrons. The second kappa shape index (κ2) is 11.7. The van der Waals surface area contributed by atoms with Gasteiger partial charge in [0.05, 0.1) is 25.0 Å². The van der Waals surface area contributed by atoms with E-state index in [0.717, 1.165) is 29.0 Å². The molecule has 1 aliphatic carbocycles. The van der Waals surface area contributed by atoms with Gasteiger partial charge in [0, 0.05) is 43.4 Å². The Morgan fingerprint density at radius 2 is 1.81 bits per heavy atom. The van der Waals surface area contributed by atoms with E-state index < -0.39 is 0 Å². The minimum Gasteiger partial charge on any atom is -0.495 e. The van der Waals surface area contributed by atoms with E-state index >= 15 is 0 Å². The third-order valence-corrected chi connectivity index (χ3v) is 6.76. The lowest BCUT2D eigenvalue weighted by Gasteiger charge is -2.30. The Hall–Kier alpha value is -3.49. The maximum atomic E-state index is 13.8. The maximum Gasteiger partial charge on any atom is 0.230 e. The van der Waals surface area contributed by atoms with E-state index in [0.29, 0.717) is 18.0 Å². The summed E-state index contributed by atoms with van der Waals surface area (Å²) < 4.78 is 17.0. The average molecular weight is 505 g/mol. The van der Waals surface area contributed by atoms with Crippen LogP contribution in [0.15, 0.2) is 61.1 Å². The molecule has 0 bridgehead atoms. The third kappa shape index (κ3) is 6.26. The summed E-state index contributed by atoms with van der Waals surface area (Å²) in [6.07, 6.45) is 3.86. The number of benzene rings is 2. The number of carbonyl (C=O) groups is 1. The first-order chi connectivity index (χ1) is 17.8. The fourth-order valence-corrected chi connectivity index (χ4v) is 4.43. The standard InChI is InChI=1S/C29H36N4O4/c1-18(2)37-22-9-6-20(7-10-22)21-8-11-27(28(14-21)36-5)33(16-25(30)19(3)35-4)29(34)24-15-23(24)26-12-13-31-17-32-26/h6-14,17-19,23-25H,15-16,30H2,1-5H3/t19-,23-,24-,25-/m1/s1. The molecule has 0 saturated heterocycles. The molecule has 37 heavy (non-hydrogen) atoms. The van der Waals surface area contributed by atoms with Crippen LogP contribution in [-0.2, 0) is 9.53 Å². The summed E-state index contributed by atoms with van der Waals surface area (Å²) in [4.78, 5) is 23.9. The van der Waals surface area contributed by atoms with Gasteiger partial charge in [-0.25, -0.2) is 9.97 Å². The number of hydrogen-bond acceptors (Lipinski definition) is 7. The van der Waals surface area contributed by atoms with Crippen LogP contribution >= 0.6 is 0 Å². The van der Waals surface area contributed by atoms with Crippen molar-refractivity contribution in [2.75, 3.05) is 25.7 Å². The Kier molecular flexibility index (Phi) is 8.41. The predicted octanol–water partition coefficient (Wildman–Crippen LogP) is 4.44. The molecule has 8 nitrogen and oxygen atoms in total. The number of anilines is 1. The first-order valence-corrected chi connectivity index (χ1v) is 12.6. The van der Waals surface area contributed by atoms with Crippen LogP contribution in [0.1, 0.15) is 38.8 Å². The van der Waals surface area contributed by atoms with Crippen LogP contribution in [0.2, 0.25) is 0 Å². The van der Waals surface area contributed by atoms with Crippen molar-refractivity contribution in [3.8, 4) is 22.6 Å². The molecule has 1 amide bonds. The maximum absolute atomic E-state index is 13.8. The van der Waals surface area contributed by atoms with Crippen molar-refractivity contribution in [2.24, 2.45) is 11.7 Å². The van der Waals surface area contributed by atoms with Gasteiger partial charge in [0.1, 0.15) is 17.8 Å². The smallest absolute Gasteiger partial charge is 0.230 e. The molecule has 2 aromatic carbocycles. The summed E-state index contributed by atoms with van der Waals surface area (Å²) in [5.41, 5.74) is 10.0. The van der Waals surface area contributed by atoms with E-state index in [9.17, 15) is 4.79 Å². The number of aromatic nitrogens is 2. The van der Waals surface area contributed by atoms with E-state index in [1.54, 1.807) is 25.3 Å². The Labute approximate surface area is 218 Å². The molecule has 0 spiro atoms. The molecule has 0 unspecified atom stereocenters. The van der Waals surface area contributed by atoms with Crippen LogP contribution in [-0.4, -0.2) is 54.9 Å². The Morgan fingerprint density at radius 1 is 1.08 bits per heavy atom. The van der Waals surface area contributed by atoms with Crippen LogP contribution in [0.3, 0.4) is 0 Å². The van der Waals surface area contributed by atoms with Crippen molar-refractivity contribution in [1.29, 1.82) is 0 Å². The zero-order valence-electron chi connectivity index (χ0n) is 22.1. The van der Waals surface area contributed by atoms with Gasteiger partial charge in [0.15, 0.2) is 0 Å². The van der Waals surface area contributed by atoms with Crippen LogP contribution in [0, 0.1) is 5.92 Å². The minimum atomic E-state index is -0.372. The van der Waals surface area contributed by atoms with Gasteiger partial charge >= 0.3 is 0 Å². The molecule has 196 valence electrons. The van der Waals surface area contributed by atoms with Crippen LogP contribution in [0.4, 0.5) is 5.69 Å². The van der Waals surface area contributed by atoms with Crippen molar-refractivity contribution in [1.82, 2.24) is 9.97 Å². The molecule has 2 N–H and O–H groups in total. The summed E-state index contributed by atoms with van der Waals surface area (Å²) >= 11 is 0. The molecule has 1 aromatic heterocycles. The van der Waals surface area contributed by atoms with Crippen LogP contribution in [0.5, 0.6) is 11.5 Å². The highest BCUT2D eigenvalue weighted by molar-refractivity contribution is 5.99. The van der Waals surface area contributed by atoms with Gasteiger partial charge in [-0.15, -0.1) is 0 Å². The van der Waals surface area contributed by atoms with Crippen molar-refractivity contribution in [3.63, 3.8) is 0 Å². The largest absolute Gasteiger partial charge is 0.495 e. The fourth-order valence-electron chi connectivity index (χ4n) is 4.43. The van der Waals surface area contributed by atoms with Crippen molar-refractivity contribution >= 4 is 11.6 Å². The molecule has 0 aliphatic heterocycles. The van der Waals surface area contributed by atoms with E-state index in [1.807, 2.05) is 69.3 Å². The van der Waals surface area contributed by atoms with Crippen molar-refractivity contribution in [3.05, 3.63) is 66.7 Å². The number of carbonyl (C=O) groups excluding carboxylic acids is 1. The summed E-state index contributed by atoms with van der Waals surface area (Å²) in [5.74, 6) is 1.33. The fraction of sp³-hybridized carbons (Fsp3) is 0.414. The Bertz CT molecular complexity index is 1190. The van der Waals surface area contributed by atoms with Gasteiger partial charge in [-0.3, -0.25) is 4.79 Å². The van der Waals surface area contributed by atoms with E-state index in [4.69, 9.17) is 19.9 Å². The van der Waals surface area contributed by atoms with E-state index in [-0.39, 0.29) is 36.0 Å². The zero-order valence-corrected chi connectivity index (χ0v) is 22.1. The average Bonchev–Trinajstić information content (AvgIpc) is 3.72. The lowest BCUT2D eigenvalue weighted by atomic mass is 10.0. The van der Waals surface area contributed by atoms with Gasteiger partial charge in [0.25, 0.3) is 0 Å². The number of nitrogens with two attached hydrogens (primary N) is 1.